The minimum atomic E-state index is -1.21. The van der Waals surface area contributed by atoms with E-state index in [2.05, 4.69) is 0 Å². The number of amides is 1. The summed E-state index contributed by atoms with van der Waals surface area (Å²) >= 11 is 0. The van der Waals surface area contributed by atoms with Gasteiger partial charge < -0.3 is 4.74 Å². The van der Waals surface area contributed by atoms with Gasteiger partial charge in [0.25, 0.3) is 11.2 Å². The third-order valence-corrected chi connectivity index (χ3v) is 4.56. The predicted octanol–water partition coefficient (Wildman–Crippen LogP) is 2.69. The van der Waals surface area contributed by atoms with Crippen LogP contribution < -0.4 is 10.3 Å². The van der Waals surface area contributed by atoms with Gasteiger partial charge in [-0.2, -0.15) is 5.06 Å². The van der Waals surface area contributed by atoms with Gasteiger partial charge in [-0.3, -0.25) is 29.5 Å². The summed E-state index contributed by atoms with van der Waals surface area (Å²) in [6, 6.07) is 7.24. The summed E-state index contributed by atoms with van der Waals surface area (Å²) in [7, 11) is 0. The number of pyridine rings is 1. The molecular weight excluding hydrogens is 366 g/mol. The van der Waals surface area contributed by atoms with Gasteiger partial charge in [-0.1, -0.05) is 6.07 Å². The van der Waals surface area contributed by atoms with Gasteiger partial charge in [0.15, 0.2) is 0 Å². The van der Waals surface area contributed by atoms with Gasteiger partial charge in [0.1, 0.15) is 17.0 Å². The summed E-state index contributed by atoms with van der Waals surface area (Å²) in [4.78, 5) is 35.4. The Kier molecular flexibility index (Phi) is 4.56. The van der Waals surface area contributed by atoms with Crippen LogP contribution in [0.25, 0.3) is 5.70 Å². The minimum Gasteiger partial charge on any atom is -0.481 e. The van der Waals surface area contributed by atoms with Crippen LogP contribution >= 0.6 is 0 Å². The van der Waals surface area contributed by atoms with E-state index in [-0.39, 0.29) is 28.2 Å². The molecule has 1 aromatic carbocycles. The van der Waals surface area contributed by atoms with Crippen molar-refractivity contribution in [1.29, 1.82) is 0 Å². The lowest BCUT2D eigenvalue weighted by Gasteiger charge is -2.39. The van der Waals surface area contributed by atoms with Crippen LogP contribution in [0.5, 0.6) is 5.75 Å². The molecule has 9 heteroatoms. The molecule has 146 valence electrons. The summed E-state index contributed by atoms with van der Waals surface area (Å²) < 4.78 is 7.20. The highest BCUT2D eigenvalue weighted by molar-refractivity contribution is 5.84. The van der Waals surface area contributed by atoms with Gasteiger partial charge in [0.2, 0.25) is 5.91 Å². The van der Waals surface area contributed by atoms with E-state index in [1.165, 1.54) is 35.9 Å². The van der Waals surface area contributed by atoms with Crippen LogP contribution in [0.1, 0.15) is 31.9 Å². The summed E-state index contributed by atoms with van der Waals surface area (Å²) in [5.41, 5.74) is -1.15. The van der Waals surface area contributed by atoms with Gasteiger partial charge in [0.05, 0.1) is 16.2 Å². The molecule has 0 saturated heterocycles. The molecule has 0 bridgehead atoms. The van der Waals surface area contributed by atoms with Crippen molar-refractivity contribution in [2.75, 3.05) is 0 Å². The van der Waals surface area contributed by atoms with Gasteiger partial charge in [-0.25, -0.2) is 0 Å². The highest BCUT2D eigenvalue weighted by Crippen LogP contribution is 2.45. The standard InChI is InChI=1S/C19H19N3O6/c1-11-13(22(26)27)8-9-14-16(11)17(20-10-6-5-7-15(20)24)18(19(3,4)28-14)21(25)12(2)23/h5-10,25H,1-4H3. The fourth-order valence-corrected chi connectivity index (χ4v) is 3.34. The summed E-state index contributed by atoms with van der Waals surface area (Å²) in [5, 5.41) is 22.3. The van der Waals surface area contributed by atoms with Crippen LogP contribution in [-0.2, 0) is 4.79 Å². The number of hydrogen-bond donors (Lipinski definition) is 1. The van der Waals surface area contributed by atoms with Gasteiger partial charge in [-0.15, -0.1) is 0 Å². The normalized spacial score (nSPS) is 14.9. The zero-order chi connectivity index (χ0) is 20.8. The van der Waals surface area contributed by atoms with Gasteiger partial charge in [0, 0.05) is 30.8 Å². The predicted molar refractivity (Wildman–Crippen MR) is 99.9 cm³/mol. The average molecular weight is 385 g/mol. The van der Waals surface area contributed by atoms with E-state index in [9.17, 15) is 24.9 Å². The topological polar surface area (TPSA) is 115 Å². The van der Waals surface area contributed by atoms with Crippen molar-refractivity contribution in [2.45, 2.75) is 33.3 Å². The number of ether oxygens (including phenoxy) is 1. The third kappa shape index (κ3) is 2.95. The van der Waals surface area contributed by atoms with Crippen LogP contribution in [0.15, 0.2) is 47.0 Å². The van der Waals surface area contributed by atoms with E-state index < -0.39 is 22.0 Å². The first-order chi connectivity index (χ1) is 13.1. The molecule has 28 heavy (non-hydrogen) atoms. The van der Waals surface area contributed by atoms with E-state index in [1.54, 1.807) is 26.0 Å². The fraction of sp³-hybridized carbons (Fsp3) is 0.263. The second-order valence-electron chi connectivity index (χ2n) is 6.89. The summed E-state index contributed by atoms with van der Waals surface area (Å²) in [6.07, 6.45) is 1.47. The number of nitro benzene ring substituents is 1. The van der Waals surface area contributed by atoms with Gasteiger partial charge >= 0.3 is 0 Å². The summed E-state index contributed by atoms with van der Waals surface area (Å²) in [5.74, 6) is -0.390. The number of nitrogens with zero attached hydrogens (tertiary/aromatic N) is 3. The number of aromatic nitrogens is 1. The van der Waals surface area contributed by atoms with Crippen LogP contribution in [-0.4, -0.2) is 31.3 Å². The molecule has 2 aromatic rings. The Balaban J connectivity index is 2.53. The van der Waals surface area contributed by atoms with E-state index in [0.717, 1.165) is 6.92 Å². The fourth-order valence-electron chi connectivity index (χ4n) is 3.34. The van der Waals surface area contributed by atoms with E-state index in [0.29, 0.717) is 10.8 Å². The molecule has 9 nitrogen and oxygen atoms in total. The molecule has 2 heterocycles. The first-order valence-electron chi connectivity index (χ1n) is 8.46. The monoisotopic (exact) mass is 385 g/mol. The number of carbonyl (C=O) groups excluding carboxylic acids is 1. The first-order valence-corrected chi connectivity index (χ1v) is 8.46. The van der Waals surface area contributed by atoms with Crippen LogP contribution in [0.2, 0.25) is 0 Å². The SMILES string of the molecule is CC(=O)N(O)C1=C(n2ccccc2=O)c2c(ccc([N+](=O)[O-])c2C)OC1(C)C. The van der Waals surface area contributed by atoms with Gasteiger partial charge in [-0.05, 0) is 32.9 Å². The molecule has 0 aliphatic carbocycles. The van der Waals surface area contributed by atoms with Crippen molar-refractivity contribution >= 4 is 17.3 Å². The smallest absolute Gasteiger partial charge is 0.273 e. The van der Waals surface area contributed by atoms with Crippen molar-refractivity contribution < 1.29 is 19.7 Å². The Morgan fingerprint density at radius 3 is 2.54 bits per heavy atom. The van der Waals surface area contributed by atoms with Crippen molar-refractivity contribution in [3.8, 4) is 5.75 Å². The van der Waals surface area contributed by atoms with Crippen molar-refractivity contribution in [3.63, 3.8) is 0 Å². The number of hydrogen-bond acceptors (Lipinski definition) is 6. The first kappa shape index (κ1) is 19.3. The average Bonchev–Trinajstić information content (AvgIpc) is 2.59. The van der Waals surface area contributed by atoms with E-state index in [4.69, 9.17) is 4.74 Å². The quantitative estimate of drug-likeness (QED) is 0.493. The van der Waals surface area contributed by atoms with Crippen LogP contribution in [0.4, 0.5) is 5.69 Å². The maximum absolute atomic E-state index is 12.6. The molecule has 1 N–H and O–H groups in total. The number of nitro groups is 1. The molecule has 0 unspecified atom stereocenters. The molecule has 1 aliphatic heterocycles. The second kappa shape index (κ2) is 6.61. The maximum atomic E-state index is 12.6. The van der Waals surface area contributed by atoms with Crippen LogP contribution in [0, 0.1) is 17.0 Å². The zero-order valence-corrected chi connectivity index (χ0v) is 15.8. The molecule has 0 fully saturated rings. The Bertz CT molecular complexity index is 1080. The lowest BCUT2D eigenvalue weighted by atomic mass is 9.91. The molecule has 0 spiro atoms. The second-order valence-corrected chi connectivity index (χ2v) is 6.89. The molecule has 3 rings (SSSR count). The highest BCUT2D eigenvalue weighted by Gasteiger charge is 2.42. The number of hydroxylamine groups is 2. The van der Waals surface area contributed by atoms with Crippen LogP contribution in [0.3, 0.4) is 0 Å². The maximum Gasteiger partial charge on any atom is 0.273 e. The number of benzene rings is 1. The number of rotatable bonds is 3. The highest BCUT2D eigenvalue weighted by atomic mass is 16.6. The Morgan fingerprint density at radius 2 is 1.96 bits per heavy atom. The number of carbonyl (C=O) groups is 1. The Morgan fingerprint density at radius 1 is 1.29 bits per heavy atom. The molecule has 1 amide bonds. The van der Waals surface area contributed by atoms with Crippen molar-refractivity contribution in [2.24, 2.45) is 0 Å². The zero-order valence-electron chi connectivity index (χ0n) is 15.8. The third-order valence-electron chi connectivity index (χ3n) is 4.56. The van der Waals surface area contributed by atoms with Crippen molar-refractivity contribution in [3.05, 3.63) is 73.8 Å². The molecule has 1 aliphatic rings. The van der Waals surface area contributed by atoms with Crippen molar-refractivity contribution in [1.82, 2.24) is 9.63 Å². The molecule has 1 aromatic heterocycles. The minimum absolute atomic E-state index is 0.00407. The molecule has 0 radical (unpaired) electrons. The largest absolute Gasteiger partial charge is 0.481 e. The number of fused-ring (bicyclic) bond motifs is 1. The van der Waals surface area contributed by atoms with E-state index in [1.807, 2.05) is 0 Å². The lowest BCUT2D eigenvalue weighted by Crippen LogP contribution is -2.45. The molecular formula is C19H19N3O6. The Hall–Kier alpha value is -3.46. The summed E-state index contributed by atoms with van der Waals surface area (Å²) in [6.45, 7) is 5.94. The Labute approximate surface area is 160 Å². The molecule has 0 saturated carbocycles. The lowest BCUT2D eigenvalue weighted by molar-refractivity contribution is -0.385. The van der Waals surface area contributed by atoms with E-state index >= 15 is 0 Å². The molecule has 0 atom stereocenters.